The smallest absolute Gasteiger partial charge is 0.170 e. The zero-order chi connectivity index (χ0) is 17.4. The molecule has 0 bridgehead atoms. The van der Waals surface area contributed by atoms with E-state index < -0.39 is 0 Å². The Bertz CT molecular complexity index is 623. The Kier molecular flexibility index (Phi) is 7.22. The Hall–Kier alpha value is -1.91. The third kappa shape index (κ3) is 5.95. The molecule has 0 saturated heterocycles. The molecule has 0 aliphatic carbocycles. The minimum atomic E-state index is 0.384. The lowest BCUT2D eigenvalue weighted by molar-refractivity contribution is 0.291. The summed E-state index contributed by atoms with van der Waals surface area (Å²) >= 11 is 5.43. The number of nitrogens with zero attached hydrogens (tertiary/aromatic N) is 1. The number of aryl methyl sites for hydroxylation is 1. The highest BCUT2D eigenvalue weighted by atomic mass is 32.1. The van der Waals surface area contributed by atoms with Gasteiger partial charge in [-0.05, 0) is 62.4 Å². The first-order valence-electron chi connectivity index (χ1n) is 8.42. The fourth-order valence-electron chi connectivity index (χ4n) is 2.53. The van der Waals surface area contributed by atoms with Gasteiger partial charge in [-0.25, -0.2) is 0 Å². The Morgan fingerprint density at radius 1 is 1.00 bits per heavy atom. The summed E-state index contributed by atoms with van der Waals surface area (Å²) in [5.41, 5.74) is 3.69. The van der Waals surface area contributed by atoms with E-state index in [1.54, 1.807) is 0 Å². The number of hydrogen-bond acceptors (Lipinski definition) is 2. The van der Waals surface area contributed by atoms with Crippen LogP contribution in [0.1, 0.15) is 18.1 Å². The molecule has 1 atom stereocenters. The lowest BCUT2D eigenvalue weighted by Gasteiger charge is -2.25. The van der Waals surface area contributed by atoms with Crippen molar-refractivity contribution in [3.63, 3.8) is 0 Å². The standard InChI is InChI=1S/C20H27N3S/c1-4-16-10-12-18(13-11-16)22-20(24)21-15-19(23(2)3)14-17-8-6-5-7-9-17/h5-13,19H,4,14-15H2,1-3H3,(H2,21,22,24)/t19-/m1/s1. The Morgan fingerprint density at radius 2 is 1.67 bits per heavy atom. The van der Waals surface area contributed by atoms with Crippen LogP contribution in [0.25, 0.3) is 0 Å². The molecule has 0 unspecified atom stereocenters. The number of likely N-dealkylation sites (N-methyl/N-ethyl adjacent to an activating group) is 1. The van der Waals surface area contributed by atoms with Crippen LogP contribution in [-0.2, 0) is 12.8 Å². The van der Waals surface area contributed by atoms with E-state index in [0.29, 0.717) is 11.2 Å². The third-order valence-corrected chi connectivity index (χ3v) is 4.41. The number of benzene rings is 2. The van der Waals surface area contributed by atoms with Gasteiger partial charge in [-0.1, -0.05) is 49.4 Å². The van der Waals surface area contributed by atoms with Crippen LogP contribution in [0.2, 0.25) is 0 Å². The van der Waals surface area contributed by atoms with Gasteiger partial charge in [0.25, 0.3) is 0 Å². The summed E-state index contributed by atoms with van der Waals surface area (Å²) in [6.45, 7) is 2.96. The van der Waals surface area contributed by atoms with E-state index in [1.165, 1.54) is 11.1 Å². The van der Waals surface area contributed by atoms with Gasteiger partial charge in [0.05, 0.1) is 0 Å². The summed E-state index contributed by atoms with van der Waals surface area (Å²) < 4.78 is 0. The Labute approximate surface area is 151 Å². The summed E-state index contributed by atoms with van der Waals surface area (Å²) in [7, 11) is 4.21. The van der Waals surface area contributed by atoms with Gasteiger partial charge in [-0.3, -0.25) is 0 Å². The van der Waals surface area contributed by atoms with Crippen molar-refractivity contribution in [3.8, 4) is 0 Å². The monoisotopic (exact) mass is 341 g/mol. The zero-order valence-corrected chi connectivity index (χ0v) is 15.6. The van der Waals surface area contributed by atoms with Crippen LogP contribution in [0, 0.1) is 0 Å². The van der Waals surface area contributed by atoms with Crippen LogP contribution in [0.5, 0.6) is 0 Å². The molecule has 0 fully saturated rings. The number of nitrogens with one attached hydrogen (secondary N) is 2. The topological polar surface area (TPSA) is 27.3 Å². The largest absolute Gasteiger partial charge is 0.361 e. The molecule has 128 valence electrons. The van der Waals surface area contributed by atoms with E-state index in [-0.39, 0.29) is 0 Å². The SMILES string of the molecule is CCc1ccc(NC(=S)NC[C@@H](Cc2ccccc2)N(C)C)cc1. The predicted molar refractivity (Wildman–Crippen MR) is 108 cm³/mol. The predicted octanol–water partition coefficient (Wildman–Crippen LogP) is 3.71. The number of rotatable bonds is 7. The van der Waals surface area contributed by atoms with Gasteiger partial charge < -0.3 is 15.5 Å². The molecule has 0 aromatic heterocycles. The molecule has 0 aliphatic heterocycles. The van der Waals surface area contributed by atoms with Crippen molar-refractivity contribution in [3.05, 3.63) is 65.7 Å². The highest BCUT2D eigenvalue weighted by Gasteiger charge is 2.12. The zero-order valence-electron chi connectivity index (χ0n) is 14.8. The average molecular weight is 342 g/mol. The van der Waals surface area contributed by atoms with Crippen LogP contribution in [0.15, 0.2) is 54.6 Å². The fourth-order valence-corrected chi connectivity index (χ4v) is 2.73. The third-order valence-electron chi connectivity index (χ3n) is 4.16. The highest BCUT2D eigenvalue weighted by molar-refractivity contribution is 7.80. The maximum atomic E-state index is 5.43. The van der Waals surface area contributed by atoms with Crippen LogP contribution in [0.4, 0.5) is 5.69 Å². The molecule has 0 heterocycles. The van der Waals surface area contributed by atoms with Crippen LogP contribution in [0.3, 0.4) is 0 Å². The van der Waals surface area contributed by atoms with Crippen molar-refractivity contribution < 1.29 is 0 Å². The molecule has 0 amide bonds. The summed E-state index contributed by atoms with van der Waals surface area (Å²) in [5, 5.41) is 7.26. The maximum absolute atomic E-state index is 5.43. The average Bonchev–Trinajstić information content (AvgIpc) is 2.60. The number of anilines is 1. The van der Waals surface area contributed by atoms with E-state index in [0.717, 1.165) is 25.1 Å². The fraction of sp³-hybridized carbons (Fsp3) is 0.350. The molecule has 2 rings (SSSR count). The molecule has 3 nitrogen and oxygen atoms in total. The van der Waals surface area contributed by atoms with Crippen molar-refractivity contribution in [2.45, 2.75) is 25.8 Å². The minimum absolute atomic E-state index is 0.384. The van der Waals surface area contributed by atoms with Crippen molar-refractivity contribution >= 4 is 23.0 Å². The highest BCUT2D eigenvalue weighted by Crippen LogP contribution is 2.10. The summed E-state index contributed by atoms with van der Waals surface area (Å²) in [6, 6.07) is 19.3. The quantitative estimate of drug-likeness (QED) is 0.751. The van der Waals surface area contributed by atoms with Crippen molar-refractivity contribution in [1.82, 2.24) is 10.2 Å². The molecule has 0 saturated carbocycles. The van der Waals surface area contributed by atoms with E-state index in [9.17, 15) is 0 Å². The molecule has 4 heteroatoms. The normalized spacial score (nSPS) is 12.0. The molecule has 2 N–H and O–H groups in total. The molecule has 0 spiro atoms. The van der Waals surface area contributed by atoms with Gasteiger partial charge in [-0.2, -0.15) is 0 Å². The molecular weight excluding hydrogens is 314 g/mol. The van der Waals surface area contributed by atoms with Crippen LogP contribution >= 0.6 is 12.2 Å². The first kappa shape index (κ1) is 18.4. The molecule has 0 radical (unpaired) electrons. The van der Waals surface area contributed by atoms with E-state index in [4.69, 9.17) is 12.2 Å². The first-order chi connectivity index (χ1) is 11.6. The van der Waals surface area contributed by atoms with E-state index >= 15 is 0 Å². The van der Waals surface area contributed by atoms with Crippen molar-refractivity contribution in [2.24, 2.45) is 0 Å². The van der Waals surface area contributed by atoms with E-state index in [2.05, 4.69) is 91.1 Å². The summed E-state index contributed by atoms with van der Waals surface area (Å²) in [5.74, 6) is 0. The van der Waals surface area contributed by atoms with Gasteiger partial charge in [0.2, 0.25) is 0 Å². The Balaban J connectivity index is 1.85. The minimum Gasteiger partial charge on any atom is -0.361 e. The number of hydrogen-bond donors (Lipinski definition) is 2. The van der Waals surface area contributed by atoms with Crippen molar-refractivity contribution in [1.29, 1.82) is 0 Å². The molecule has 0 aliphatic rings. The van der Waals surface area contributed by atoms with Gasteiger partial charge in [0.1, 0.15) is 0 Å². The van der Waals surface area contributed by atoms with Crippen LogP contribution in [-0.4, -0.2) is 36.7 Å². The van der Waals surface area contributed by atoms with Crippen LogP contribution < -0.4 is 10.6 Å². The summed E-state index contributed by atoms with van der Waals surface area (Å²) in [4.78, 5) is 2.23. The Morgan fingerprint density at radius 3 is 2.25 bits per heavy atom. The number of thiocarbonyl (C=S) groups is 1. The molecular formula is C20H27N3S. The van der Waals surface area contributed by atoms with Gasteiger partial charge in [-0.15, -0.1) is 0 Å². The maximum Gasteiger partial charge on any atom is 0.170 e. The lowest BCUT2D eigenvalue weighted by Crippen LogP contribution is -2.42. The molecule has 2 aromatic rings. The van der Waals surface area contributed by atoms with Gasteiger partial charge in [0.15, 0.2) is 5.11 Å². The first-order valence-corrected chi connectivity index (χ1v) is 8.83. The van der Waals surface area contributed by atoms with E-state index in [1.807, 2.05) is 0 Å². The second kappa shape index (κ2) is 9.40. The molecule has 2 aromatic carbocycles. The van der Waals surface area contributed by atoms with Crippen molar-refractivity contribution in [2.75, 3.05) is 26.0 Å². The van der Waals surface area contributed by atoms with Gasteiger partial charge in [0, 0.05) is 18.3 Å². The molecule has 24 heavy (non-hydrogen) atoms. The lowest BCUT2D eigenvalue weighted by atomic mass is 10.1. The second-order valence-electron chi connectivity index (χ2n) is 6.19. The van der Waals surface area contributed by atoms with Gasteiger partial charge >= 0.3 is 0 Å². The second-order valence-corrected chi connectivity index (χ2v) is 6.60. The summed E-state index contributed by atoms with van der Waals surface area (Å²) in [6.07, 6.45) is 2.04.